The van der Waals surface area contributed by atoms with Crippen molar-refractivity contribution >= 4 is 0 Å². The Bertz CT molecular complexity index is 413. The molecule has 3 heteroatoms. The Hall–Kier alpha value is -1.06. The van der Waals surface area contributed by atoms with Gasteiger partial charge in [0, 0.05) is 13.2 Å². The third kappa shape index (κ3) is 5.33. The van der Waals surface area contributed by atoms with Gasteiger partial charge in [-0.2, -0.15) is 0 Å². The molecule has 0 saturated heterocycles. The van der Waals surface area contributed by atoms with Gasteiger partial charge in [-0.1, -0.05) is 18.9 Å². The fourth-order valence-electron chi connectivity index (χ4n) is 3.34. The number of rotatable bonds is 7. The Morgan fingerprint density at radius 3 is 2.43 bits per heavy atom. The standard InChI is InChI=1S/C18H29NO2/c1-14-9-15(2)11-18(10-14)21-8-7-19-12-16-5-3-4-6-17(16)13-20/h9-11,16-17,19-20H,3-8,12-13H2,1-2H3. The van der Waals surface area contributed by atoms with E-state index in [1.54, 1.807) is 0 Å². The summed E-state index contributed by atoms with van der Waals surface area (Å²) in [5, 5.41) is 12.9. The van der Waals surface area contributed by atoms with Gasteiger partial charge >= 0.3 is 0 Å². The fourth-order valence-corrected chi connectivity index (χ4v) is 3.34. The van der Waals surface area contributed by atoms with E-state index in [1.807, 2.05) is 0 Å². The second-order valence-corrected chi connectivity index (χ2v) is 6.36. The van der Waals surface area contributed by atoms with Crippen LogP contribution in [0.2, 0.25) is 0 Å². The van der Waals surface area contributed by atoms with Crippen LogP contribution < -0.4 is 10.1 Å². The largest absolute Gasteiger partial charge is 0.492 e. The van der Waals surface area contributed by atoms with Crippen LogP contribution in [0.25, 0.3) is 0 Å². The van der Waals surface area contributed by atoms with Gasteiger partial charge in [0.05, 0.1) is 0 Å². The van der Waals surface area contributed by atoms with E-state index in [1.165, 1.54) is 36.8 Å². The first kappa shape index (κ1) is 16.3. The van der Waals surface area contributed by atoms with Crippen molar-refractivity contribution in [3.63, 3.8) is 0 Å². The number of aliphatic hydroxyl groups excluding tert-OH is 1. The van der Waals surface area contributed by atoms with Gasteiger partial charge < -0.3 is 15.2 Å². The Morgan fingerprint density at radius 1 is 1.10 bits per heavy atom. The maximum atomic E-state index is 9.41. The first-order valence-electron chi connectivity index (χ1n) is 8.21. The third-order valence-electron chi connectivity index (χ3n) is 4.45. The number of hydrogen-bond donors (Lipinski definition) is 2. The molecule has 0 bridgehead atoms. The van der Waals surface area contributed by atoms with E-state index in [9.17, 15) is 5.11 Å². The van der Waals surface area contributed by atoms with Crippen molar-refractivity contribution in [1.82, 2.24) is 5.32 Å². The quantitative estimate of drug-likeness (QED) is 0.759. The molecule has 2 unspecified atom stereocenters. The number of aryl methyl sites for hydroxylation is 2. The first-order valence-corrected chi connectivity index (χ1v) is 8.21. The van der Waals surface area contributed by atoms with E-state index >= 15 is 0 Å². The molecule has 2 atom stereocenters. The summed E-state index contributed by atoms with van der Waals surface area (Å²) >= 11 is 0. The third-order valence-corrected chi connectivity index (χ3v) is 4.45. The summed E-state index contributed by atoms with van der Waals surface area (Å²) in [6.07, 6.45) is 5.01. The van der Waals surface area contributed by atoms with E-state index < -0.39 is 0 Å². The molecule has 0 spiro atoms. The monoisotopic (exact) mass is 291 g/mol. The number of benzene rings is 1. The lowest BCUT2D eigenvalue weighted by molar-refractivity contribution is 0.132. The number of ether oxygens (including phenoxy) is 1. The van der Waals surface area contributed by atoms with Crippen LogP contribution in [0.4, 0.5) is 0 Å². The summed E-state index contributed by atoms with van der Waals surface area (Å²) in [6.45, 7) is 7.08. The van der Waals surface area contributed by atoms with Crippen molar-refractivity contribution in [2.45, 2.75) is 39.5 Å². The number of aliphatic hydroxyl groups is 1. The normalized spacial score (nSPS) is 22.2. The molecule has 1 aliphatic carbocycles. The molecule has 1 aromatic rings. The van der Waals surface area contributed by atoms with Crippen LogP contribution in [0.3, 0.4) is 0 Å². The molecule has 0 amide bonds. The second-order valence-electron chi connectivity index (χ2n) is 6.36. The average Bonchev–Trinajstić information content (AvgIpc) is 2.46. The topological polar surface area (TPSA) is 41.5 Å². The van der Waals surface area contributed by atoms with Crippen molar-refractivity contribution < 1.29 is 9.84 Å². The molecule has 1 aliphatic rings. The maximum Gasteiger partial charge on any atom is 0.119 e. The molecule has 1 fully saturated rings. The van der Waals surface area contributed by atoms with Crippen LogP contribution in [0.15, 0.2) is 18.2 Å². The molecule has 1 aromatic carbocycles. The van der Waals surface area contributed by atoms with Crippen LogP contribution in [0.1, 0.15) is 36.8 Å². The minimum absolute atomic E-state index is 0.339. The predicted molar refractivity (Wildman–Crippen MR) is 86.8 cm³/mol. The zero-order chi connectivity index (χ0) is 15.1. The molecule has 21 heavy (non-hydrogen) atoms. The Morgan fingerprint density at radius 2 is 1.76 bits per heavy atom. The van der Waals surface area contributed by atoms with Gasteiger partial charge in [0.2, 0.25) is 0 Å². The summed E-state index contributed by atoms with van der Waals surface area (Å²) in [6, 6.07) is 6.31. The van der Waals surface area contributed by atoms with Gasteiger partial charge in [0.15, 0.2) is 0 Å². The lowest BCUT2D eigenvalue weighted by Crippen LogP contribution is -2.34. The van der Waals surface area contributed by atoms with Gasteiger partial charge in [-0.3, -0.25) is 0 Å². The maximum absolute atomic E-state index is 9.41. The molecular weight excluding hydrogens is 262 g/mol. The zero-order valence-electron chi connectivity index (χ0n) is 13.4. The fraction of sp³-hybridized carbons (Fsp3) is 0.667. The molecule has 0 aliphatic heterocycles. The second kappa shape index (κ2) is 8.40. The Kier molecular flexibility index (Phi) is 6.52. The molecule has 2 rings (SSSR count). The van der Waals surface area contributed by atoms with E-state index in [2.05, 4.69) is 37.4 Å². The molecule has 0 radical (unpaired) electrons. The average molecular weight is 291 g/mol. The highest BCUT2D eigenvalue weighted by Crippen LogP contribution is 2.28. The minimum atomic E-state index is 0.339. The van der Waals surface area contributed by atoms with Gasteiger partial charge in [0.1, 0.15) is 12.4 Å². The van der Waals surface area contributed by atoms with Gasteiger partial charge in [-0.05, 0) is 68.3 Å². The van der Waals surface area contributed by atoms with Crippen molar-refractivity contribution in [3.8, 4) is 5.75 Å². The first-order chi connectivity index (χ1) is 10.2. The highest BCUT2D eigenvalue weighted by Gasteiger charge is 2.23. The van der Waals surface area contributed by atoms with E-state index in [0.29, 0.717) is 25.0 Å². The van der Waals surface area contributed by atoms with Crippen LogP contribution in [0, 0.1) is 25.7 Å². The lowest BCUT2D eigenvalue weighted by atomic mass is 9.80. The summed E-state index contributed by atoms with van der Waals surface area (Å²) < 4.78 is 5.80. The lowest BCUT2D eigenvalue weighted by Gasteiger charge is -2.30. The van der Waals surface area contributed by atoms with Crippen molar-refractivity contribution in [1.29, 1.82) is 0 Å². The molecule has 3 nitrogen and oxygen atoms in total. The van der Waals surface area contributed by atoms with Gasteiger partial charge in [0.25, 0.3) is 0 Å². The molecule has 2 N–H and O–H groups in total. The summed E-state index contributed by atoms with van der Waals surface area (Å²) in [5.41, 5.74) is 2.48. The summed E-state index contributed by atoms with van der Waals surface area (Å²) in [5.74, 6) is 2.08. The van der Waals surface area contributed by atoms with Crippen molar-refractivity contribution in [2.24, 2.45) is 11.8 Å². The highest BCUT2D eigenvalue weighted by atomic mass is 16.5. The van der Waals surface area contributed by atoms with Gasteiger partial charge in [-0.15, -0.1) is 0 Å². The summed E-state index contributed by atoms with van der Waals surface area (Å²) in [7, 11) is 0. The van der Waals surface area contributed by atoms with Crippen LogP contribution in [-0.4, -0.2) is 31.4 Å². The predicted octanol–water partition coefficient (Wildman–Crippen LogP) is 3.07. The molecule has 0 heterocycles. The van der Waals surface area contributed by atoms with Crippen LogP contribution in [-0.2, 0) is 0 Å². The van der Waals surface area contributed by atoms with E-state index in [-0.39, 0.29) is 0 Å². The molecule has 1 saturated carbocycles. The van der Waals surface area contributed by atoms with Crippen molar-refractivity contribution in [3.05, 3.63) is 29.3 Å². The number of nitrogens with one attached hydrogen (secondary N) is 1. The smallest absolute Gasteiger partial charge is 0.119 e. The van der Waals surface area contributed by atoms with E-state index in [0.717, 1.165) is 18.8 Å². The van der Waals surface area contributed by atoms with E-state index in [4.69, 9.17) is 4.74 Å². The Balaban J connectivity index is 1.65. The number of hydrogen-bond acceptors (Lipinski definition) is 3. The zero-order valence-corrected chi connectivity index (χ0v) is 13.4. The van der Waals surface area contributed by atoms with Crippen LogP contribution in [0.5, 0.6) is 5.75 Å². The molecular formula is C18H29NO2. The van der Waals surface area contributed by atoms with Gasteiger partial charge in [-0.25, -0.2) is 0 Å². The highest BCUT2D eigenvalue weighted by molar-refractivity contribution is 5.32. The van der Waals surface area contributed by atoms with Crippen molar-refractivity contribution in [2.75, 3.05) is 26.3 Å². The van der Waals surface area contributed by atoms with Crippen LogP contribution >= 0.6 is 0 Å². The summed E-state index contributed by atoms with van der Waals surface area (Å²) in [4.78, 5) is 0. The Labute approximate surface area is 128 Å². The SMILES string of the molecule is Cc1cc(C)cc(OCCNCC2CCCCC2CO)c1. The molecule has 0 aromatic heterocycles. The minimum Gasteiger partial charge on any atom is -0.492 e. The molecule has 118 valence electrons.